The first-order valence-electron chi connectivity index (χ1n) is 25.9. The second kappa shape index (κ2) is 19.1. The molecule has 368 valence electrons. The summed E-state index contributed by atoms with van der Waals surface area (Å²) in [5.41, 5.74) is 16.4. The molecule has 2 aliphatic carbocycles. The summed E-state index contributed by atoms with van der Waals surface area (Å²) in [6.45, 7) is 2.12. The number of aryl methyl sites for hydroxylation is 1. The van der Waals surface area contributed by atoms with Gasteiger partial charge in [-0.2, -0.15) is 0 Å². The first-order valence-corrected chi connectivity index (χ1v) is 25.9. The van der Waals surface area contributed by atoms with E-state index in [9.17, 15) is 9.59 Å². The highest BCUT2D eigenvalue weighted by atomic mass is 16.5. The van der Waals surface area contributed by atoms with Crippen LogP contribution in [0.4, 0.5) is 0 Å². The highest BCUT2D eigenvalue weighted by Gasteiger charge is 2.47. The summed E-state index contributed by atoms with van der Waals surface area (Å²) in [6.07, 6.45) is 0. The van der Waals surface area contributed by atoms with E-state index >= 15 is 0 Å². The van der Waals surface area contributed by atoms with Gasteiger partial charge in [-0.05, 0) is 165 Å². The molecule has 0 N–H and O–H groups in total. The summed E-state index contributed by atoms with van der Waals surface area (Å²) >= 11 is 0. The van der Waals surface area contributed by atoms with E-state index in [0.29, 0.717) is 45.3 Å². The highest BCUT2D eigenvalue weighted by molar-refractivity contribution is 6.13. The SMILES string of the molecule is COc1ccc(C2(c3ccc(Oc4ccc(C(=O)c5cccc(C(=O)c6ccc(Oc7ccc(C8(c9ccc(C)cc9)c9ccccc9-c9ccccc98)cc7)cc6)c5)cc4)cc3)c3ccccc3-c3ccccc32)cc1. The zero-order valence-corrected chi connectivity index (χ0v) is 42.4. The van der Waals surface area contributed by atoms with Crippen LogP contribution in [-0.4, -0.2) is 18.7 Å². The second-order valence-electron chi connectivity index (χ2n) is 19.8. The lowest BCUT2D eigenvalue weighted by Crippen LogP contribution is -2.28. The van der Waals surface area contributed by atoms with E-state index in [1.165, 1.54) is 55.6 Å². The van der Waals surface area contributed by atoms with Gasteiger partial charge in [0.15, 0.2) is 11.6 Å². The highest BCUT2D eigenvalue weighted by Crippen LogP contribution is 2.58. The number of ketones is 2. The molecule has 0 spiro atoms. The van der Waals surface area contributed by atoms with E-state index in [2.05, 4.69) is 165 Å². The zero-order chi connectivity index (χ0) is 52.1. The Morgan fingerprint density at radius 3 is 0.909 bits per heavy atom. The van der Waals surface area contributed by atoms with E-state index in [4.69, 9.17) is 14.2 Å². The molecule has 0 saturated heterocycles. The molecule has 0 unspecified atom stereocenters. The van der Waals surface area contributed by atoms with Gasteiger partial charge in [0, 0.05) is 22.3 Å². The summed E-state index contributed by atoms with van der Waals surface area (Å²) in [7, 11) is 1.69. The van der Waals surface area contributed by atoms with Crippen LogP contribution in [0.15, 0.2) is 267 Å². The number of hydrogen-bond donors (Lipinski definition) is 0. The normalized spacial score (nSPS) is 13.1. The van der Waals surface area contributed by atoms with Crippen LogP contribution in [0.25, 0.3) is 22.3 Å². The molecule has 5 nitrogen and oxygen atoms in total. The average Bonchev–Trinajstić information content (AvgIpc) is 4.20. The van der Waals surface area contributed by atoms with Crippen molar-refractivity contribution in [3.05, 3.63) is 339 Å². The third-order valence-electron chi connectivity index (χ3n) is 15.6. The Labute approximate surface area is 448 Å². The van der Waals surface area contributed by atoms with Crippen LogP contribution in [0.5, 0.6) is 28.7 Å². The minimum Gasteiger partial charge on any atom is -0.497 e. The smallest absolute Gasteiger partial charge is 0.193 e. The lowest BCUT2D eigenvalue weighted by atomic mass is 9.67. The minimum atomic E-state index is -0.553. The molecule has 0 aromatic heterocycles. The van der Waals surface area contributed by atoms with Crippen LogP contribution < -0.4 is 14.2 Å². The first kappa shape index (κ1) is 46.9. The number of ether oxygens (including phenoxy) is 3. The number of methoxy groups -OCH3 is 1. The van der Waals surface area contributed by atoms with Crippen LogP contribution >= 0.6 is 0 Å². The number of carbonyl (C=O) groups is 2. The van der Waals surface area contributed by atoms with Gasteiger partial charge in [-0.3, -0.25) is 9.59 Å². The van der Waals surface area contributed by atoms with Crippen molar-refractivity contribution in [3.8, 4) is 51.0 Å². The summed E-state index contributed by atoms with van der Waals surface area (Å²) in [4.78, 5) is 27.8. The van der Waals surface area contributed by atoms with Crippen LogP contribution in [0.2, 0.25) is 0 Å². The molecule has 0 heterocycles. The molecule has 2 aliphatic rings. The Hall–Kier alpha value is -9.84. The van der Waals surface area contributed by atoms with Gasteiger partial charge < -0.3 is 14.2 Å². The molecule has 77 heavy (non-hydrogen) atoms. The molecule has 0 aliphatic heterocycles. The lowest BCUT2D eigenvalue weighted by molar-refractivity contribution is 0.103. The fourth-order valence-corrected chi connectivity index (χ4v) is 12.0. The van der Waals surface area contributed by atoms with Gasteiger partial charge >= 0.3 is 0 Å². The standard InChI is InChI=1S/C72H50O5/c1-47-22-28-52(29-23-47)71(65-18-7-3-14-61(65)62-15-4-8-19-66(62)71)54-32-42-59(43-33-54)76-57-36-24-48(25-37-57)69(73)50-12-11-13-51(46-50)70(74)49-26-38-58(39-27-49)77-60-44-34-55(35-45-60)72(53-30-40-56(75-2)41-31-53)67-20-9-5-16-63(67)64-17-6-10-21-68(64)72/h3-46H,1-2H3. The number of benzene rings is 11. The van der Waals surface area contributed by atoms with Crippen molar-refractivity contribution in [3.63, 3.8) is 0 Å². The molecule has 0 saturated carbocycles. The zero-order valence-electron chi connectivity index (χ0n) is 42.4. The predicted molar refractivity (Wildman–Crippen MR) is 305 cm³/mol. The Bertz CT molecular complexity index is 3930. The Kier molecular flexibility index (Phi) is 11.7. The summed E-state index contributed by atoms with van der Waals surface area (Å²) in [5, 5.41) is 0. The largest absolute Gasteiger partial charge is 0.497 e. The van der Waals surface area contributed by atoms with Crippen molar-refractivity contribution in [1.82, 2.24) is 0 Å². The van der Waals surface area contributed by atoms with Gasteiger partial charge in [-0.25, -0.2) is 0 Å². The molecule has 11 aromatic carbocycles. The quantitative estimate of drug-likeness (QED) is 0.108. The van der Waals surface area contributed by atoms with Gasteiger partial charge in [0.1, 0.15) is 28.7 Å². The van der Waals surface area contributed by atoms with Gasteiger partial charge in [-0.1, -0.05) is 181 Å². The molecule has 0 amide bonds. The molecule has 5 heteroatoms. The number of rotatable bonds is 13. The maximum Gasteiger partial charge on any atom is 0.193 e. The molecule has 11 aromatic rings. The molecular weight excluding hydrogens is 945 g/mol. The molecular formula is C72H50O5. The summed E-state index contributed by atoms with van der Waals surface area (Å²) < 4.78 is 18.3. The fraction of sp³-hybridized carbons (Fsp3) is 0.0556. The van der Waals surface area contributed by atoms with Crippen molar-refractivity contribution in [2.75, 3.05) is 7.11 Å². The Morgan fingerprint density at radius 2 is 0.584 bits per heavy atom. The van der Waals surface area contributed by atoms with Gasteiger partial charge in [0.25, 0.3) is 0 Å². The van der Waals surface area contributed by atoms with E-state index in [1.54, 1.807) is 79.9 Å². The predicted octanol–water partition coefficient (Wildman–Crippen LogP) is 16.8. The van der Waals surface area contributed by atoms with E-state index in [-0.39, 0.29) is 11.6 Å². The number of hydrogen-bond acceptors (Lipinski definition) is 5. The number of fused-ring (bicyclic) bond motifs is 6. The molecule has 13 rings (SSSR count). The van der Waals surface area contributed by atoms with E-state index in [0.717, 1.165) is 22.4 Å². The van der Waals surface area contributed by atoms with Gasteiger partial charge in [0.05, 0.1) is 17.9 Å². The topological polar surface area (TPSA) is 61.8 Å². The van der Waals surface area contributed by atoms with Gasteiger partial charge in [0.2, 0.25) is 0 Å². The third-order valence-corrected chi connectivity index (χ3v) is 15.6. The maximum atomic E-state index is 13.9. The third kappa shape index (κ3) is 7.86. The van der Waals surface area contributed by atoms with Crippen LogP contribution in [-0.2, 0) is 10.8 Å². The minimum absolute atomic E-state index is 0.194. The van der Waals surface area contributed by atoms with Gasteiger partial charge in [-0.15, -0.1) is 0 Å². The van der Waals surface area contributed by atoms with Crippen molar-refractivity contribution >= 4 is 11.6 Å². The molecule has 0 bridgehead atoms. The van der Waals surface area contributed by atoms with E-state index < -0.39 is 10.8 Å². The number of carbonyl (C=O) groups excluding carboxylic acids is 2. The molecule has 0 fully saturated rings. The molecule has 0 atom stereocenters. The van der Waals surface area contributed by atoms with Crippen molar-refractivity contribution in [2.24, 2.45) is 0 Å². The first-order chi connectivity index (χ1) is 37.8. The van der Waals surface area contributed by atoms with Crippen molar-refractivity contribution < 1.29 is 23.8 Å². The summed E-state index contributed by atoms with van der Waals surface area (Å²) in [5.74, 6) is 2.96. The van der Waals surface area contributed by atoms with Crippen molar-refractivity contribution in [2.45, 2.75) is 17.8 Å². The van der Waals surface area contributed by atoms with E-state index in [1.807, 2.05) is 36.4 Å². The average molecular weight is 995 g/mol. The Morgan fingerprint density at radius 1 is 0.299 bits per heavy atom. The van der Waals surface area contributed by atoms with Crippen LogP contribution in [0.3, 0.4) is 0 Å². The second-order valence-corrected chi connectivity index (χ2v) is 19.8. The monoisotopic (exact) mass is 994 g/mol. The van der Waals surface area contributed by atoms with Crippen LogP contribution in [0, 0.1) is 6.92 Å². The lowest BCUT2D eigenvalue weighted by Gasteiger charge is -2.34. The molecule has 0 radical (unpaired) electrons. The maximum absolute atomic E-state index is 13.9. The van der Waals surface area contributed by atoms with Crippen LogP contribution in [0.1, 0.15) is 81.9 Å². The Balaban J connectivity index is 0.693. The summed E-state index contributed by atoms with van der Waals surface area (Å²) in [6, 6.07) is 89.7. The fourth-order valence-electron chi connectivity index (χ4n) is 12.0. The van der Waals surface area contributed by atoms with Crippen molar-refractivity contribution in [1.29, 1.82) is 0 Å².